The molecule has 0 aliphatic carbocycles. The highest BCUT2D eigenvalue weighted by Gasteiger charge is 2.28. The van der Waals surface area contributed by atoms with Gasteiger partial charge in [-0.15, -0.1) is 0 Å². The van der Waals surface area contributed by atoms with Gasteiger partial charge in [0.05, 0.1) is 6.42 Å². The largest absolute Gasteiger partial charge is 0.461 e. The van der Waals surface area contributed by atoms with Gasteiger partial charge in [0.25, 0.3) is 0 Å². The molecule has 1 aliphatic heterocycles. The van der Waals surface area contributed by atoms with Gasteiger partial charge in [0.15, 0.2) is 0 Å². The SMILES string of the molecule is O=C(CCN1C(=O)CCC1=O)OCc1cc(=O)oc2cc(Br)ccc12. The second-order valence-electron chi connectivity index (χ2n) is 5.58. The zero-order valence-electron chi connectivity index (χ0n) is 13.1. The Morgan fingerprint density at radius 1 is 1.16 bits per heavy atom. The van der Waals surface area contributed by atoms with Gasteiger partial charge in [0.2, 0.25) is 11.8 Å². The average molecular weight is 408 g/mol. The van der Waals surface area contributed by atoms with Crippen molar-refractivity contribution in [2.45, 2.75) is 25.9 Å². The predicted molar refractivity (Wildman–Crippen MR) is 90.6 cm³/mol. The zero-order valence-corrected chi connectivity index (χ0v) is 14.7. The number of ether oxygens (including phenoxy) is 1. The lowest BCUT2D eigenvalue weighted by Gasteiger charge is -2.13. The molecule has 130 valence electrons. The van der Waals surface area contributed by atoms with Gasteiger partial charge in [-0.25, -0.2) is 4.79 Å². The molecule has 0 atom stereocenters. The first-order valence-corrected chi connectivity index (χ1v) is 8.44. The van der Waals surface area contributed by atoms with Gasteiger partial charge >= 0.3 is 11.6 Å². The van der Waals surface area contributed by atoms with Gasteiger partial charge in [-0.05, 0) is 18.2 Å². The summed E-state index contributed by atoms with van der Waals surface area (Å²) in [6.45, 7) is -0.0778. The fourth-order valence-corrected chi connectivity index (χ4v) is 2.97. The number of likely N-dealkylation sites (tertiary alicyclic amines) is 1. The maximum Gasteiger partial charge on any atom is 0.336 e. The van der Waals surface area contributed by atoms with E-state index in [0.29, 0.717) is 16.5 Å². The Morgan fingerprint density at radius 2 is 1.88 bits per heavy atom. The number of hydrogen-bond acceptors (Lipinski definition) is 6. The summed E-state index contributed by atoms with van der Waals surface area (Å²) in [5, 5.41) is 0.667. The van der Waals surface area contributed by atoms with Gasteiger partial charge in [0, 0.05) is 40.9 Å². The second-order valence-corrected chi connectivity index (χ2v) is 6.50. The molecule has 1 saturated heterocycles. The number of nitrogens with zero attached hydrogens (tertiary/aromatic N) is 1. The number of hydrogen-bond donors (Lipinski definition) is 0. The van der Waals surface area contributed by atoms with Crippen molar-refractivity contribution in [3.05, 3.63) is 44.7 Å². The van der Waals surface area contributed by atoms with Crippen molar-refractivity contribution in [3.63, 3.8) is 0 Å². The van der Waals surface area contributed by atoms with Crippen LogP contribution in [0.1, 0.15) is 24.8 Å². The highest BCUT2D eigenvalue weighted by Crippen LogP contribution is 2.22. The number of esters is 1. The number of fused-ring (bicyclic) bond motifs is 1. The minimum absolute atomic E-state index is 0.0150. The summed E-state index contributed by atoms with van der Waals surface area (Å²) < 4.78 is 11.1. The number of amides is 2. The quantitative estimate of drug-likeness (QED) is 0.428. The topological polar surface area (TPSA) is 93.9 Å². The Hall–Kier alpha value is -2.48. The minimum atomic E-state index is -0.550. The lowest BCUT2D eigenvalue weighted by atomic mass is 10.1. The van der Waals surface area contributed by atoms with E-state index >= 15 is 0 Å². The maximum absolute atomic E-state index is 11.9. The van der Waals surface area contributed by atoms with E-state index in [1.165, 1.54) is 6.07 Å². The normalized spacial score (nSPS) is 14.4. The lowest BCUT2D eigenvalue weighted by Crippen LogP contribution is -2.31. The molecule has 2 heterocycles. The van der Waals surface area contributed by atoms with Crippen LogP contribution in [-0.2, 0) is 25.7 Å². The summed E-state index contributed by atoms with van der Waals surface area (Å²) in [7, 11) is 0. The molecule has 0 radical (unpaired) electrons. The van der Waals surface area contributed by atoms with Crippen LogP contribution in [0.5, 0.6) is 0 Å². The van der Waals surface area contributed by atoms with Crippen molar-refractivity contribution >= 4 is 44.7 Å². The fraction of sp³-hybridized carbons (Fsp3) is 0.294. The molecule has 25 heavy (non-hydrogen) atoms. The van der Waals surface area contributed by atoms with Crippen LogP contribution in [0.4, 0.5) is 0 Å². The molecule has 1 aromatic carbocycles. The molecule has 0 N–H and O–H groups in total. The molecular formula is C17H14BrNO6. The number of carbonyl (C=O) groups is 3. The third-order valence-electron chi connectivity index (χ3n) is 3.88. The lowest BCUT2D eigenvalue weighted by molar-refractivity contribution is -0.146. The third kappa shape index (κ3) is 3.96. The van der Waals surface area contributed by atoms with Crippen molar-refractivity contribution in [2.24, 2.45) is 0 Å². The Bertz CT molecular complexity index is 903. The minimum Gasteiger partial charge on any atom is -0.461 e. The summed E-state index contributed by atoms with van der Waals surface area (Å²) in [5.41, 5.74) is 0.381. The van der Waals surface area contributed by atoms with Crippen LogP contribution in [0.3, 0.4) is 0 Å². The molecule has 2 amide bonds. The molecule has 1 fully saturated rings. The van der Waals surface area contributed by atoms with Gasteiger partial charge in [-0.1, -0.05) is 15.9 Å². The van der Waals surface area contributed by atoms with Crippen LogP contribution in [-0.4, -0.2) is 29.2 Å². The first-order valence-electron chi connectivity index (χ1n) is 7.65. The number of carbonyl (C=O) groups excluding carboxylic acids is 3. The summed E-state index contributed by atoms with van der Waals surface area (Å²) in [4.78, 5) is 47.6. The Morgan fingerprint density at radius 3 is 2.60 bits per heavy atom. The summed E-state index contributed by atoms with van der Waals surface area (Å²) in [5.74, 6) is -1.09. The first-order chi connectivity index (χ1) is 11.9. The summed E-state index contributed by atoms with van der Waals surface area (Å²) >= 11 is 3.30. The molecule has 3 rings (SSSR count). The van der Waals surface area contributed by atoms with E-state index < -0.39 is 11.6 Å². The van der Waals surface area contributed by atoms with E-state index in [4.69, 9.17) is 9.15 Å². The molecule has 7 nitrogen and oxygen atoms in total. The number of imide groups is 1. The Balaban J connectivity index is 1.64. The standard InChI is InChI=1S/C17H14BrNO6/c18-11-1-2-12-10(7-17(23)25-13(12)8-11)9-24-16(22)5-6-19-14(20)3-4-15(19)21/h1-2,7-8H,3-6,9H2. The monoisotopic (exact) mass is 407 g/mol. The van der Waals surface area contributed by atoms with Crippen molar-refractivity contribution in [1.29, 1.82) is 0 Å². The smallest absolute Gasteiger partial charge is 0.336 e. The summed E-state index contributed by atoms with van der Waals surface area (Å²) in [6.07, 6.45) is 0.298. The molecule has 0 spiro atoms. The van der Waals surface area contributed by atoms with E-state index in [2.05, 4.69) is 15.9 Å². The van der Waals surface area contributed by atoms with E-state index in [0.717, 1.165) is 9.37 Å². The first kappa shape index (κ1) is 17.3. The highest BCUT2D eigenvalue weighted by atomic mass is 79.9. The van der Waals surface area contributed by atoms with Gasteiger partial charge in [-0.2, -0.15) is 0 Å². The second kappa shape index (κ2) is 7.18. The van der Waals surface area contributed by atoms with Crippen LogP contribution in [0, 0.1) is 0 Å². The molecule has 1 aliphatic rings. The molecule has 2 aromatic rings. The van der Waals surface area contributed by atoms with E-state index in [9.17, 15) is 19.2 Å². The summed E-state index contributed by atoms with van der Waals surface area (Å²) in [6, 6.07) is 6.48. The molecule has 8 heteroatoms. The Labute approximate surface area is 150 Å². The van der Waals surface area contributed by atoms with Crippen LogP contribution >= 0.6 is 15.9 Å². The molecule has 0 saturated carbocycles. The van der Waals surface area contributed by atoms with E-state index in [1.54, 1.807) is 18.2 Å². The zero-order chi connectivity index (χ0) is 18.0. The molecule has 0 unspecified atom stereocenters. The van der Waals surface area contributed by atoms with Crippen LogP contribution in [0.25, 0.3) is 11.0 Å². The van der Waals surface area contributed by atoms with Gasteiger partial charge in [-0.3, -0.25) is 19.3 Å². The van der Waals surface area contributed by atoms with Gasteiger partial charge in [0.1, 0.15) is 12.2 Å². The van der Waals surface area contributed by atoms with Crippen molar-refractivity contribution in [3.8, 4) is 0 Å². The van der Waals surface area contributed by atoms with Crippen LogP contribution in [0.15, 0.2) is 37.9 Å². The molecular weight excluding hydrogens is 394 g/mol. The Kier molecular flexibility index (Phi) is 4.98. The number of halogens is 1. The molecule has 0 bridgehead atoms. The van der Waals surface area contributed by atoms with Crippen molar-refractivity contribution in [2.75, 3.05) is 6.54 Å². The number of benzene rings is 1. The fourth-order valence-electron chi connectivity index (χ4n) is 2.63. The third-order valence-corrected chi connectivity index (χ3v) is 4.37. The molecule has 1 aromatic heterocycles. The van der Waals surface area contributed by atoms with Crippen LogP contribution in [0.2, 0.25) is 0 Å². The van der Waals surface area contributed by atoms with Crippen molar-refractivity contribution < 1.29 is 23.5 Å². The predicted octanol–water partition coefficient (Wildman–Crippen LogP) is 2.14. The van der Waals surface area contributed by atoms with E-state index in [1.807, 2.05) is 0 Å². The average Bonchev–Trinajstić information content (AvgIpc) is 2.88. The maximum atomic E-state index is 11.9. The number of rotatable bonds is 5. The van der Waals surface area contributed by atoms with Crippen LogP contribution < -0.4 is 5.63 Å². The van der Waals surface area contributed by atoms with E-state index in [-0.39, 0.29) is 44.2 Å². The highest BCUT2D eigenvalue weighted by molar-refractivity contribution is 9.10. The van der Waals surface area contributed by atoms with Gasteiger partial charge < -0.3 is 9.15 Å². The van der Waals surface area contributed by atoms with Crippen molar-refractivity contribution in [1.82, 2.24) is 4.90 Å².